The second-order valence-corrected chi connectivity index (χ2v) is 17.1. The molecule has 332 valence electrons. The third-order valence-corrected chi connectivity index (χ3v) is 13.2. The van der Waals surface area contributed by atoms with Crippen LogP contribution in [-0.4, -0.2) is 96.6 Å². The Balaban J connectivity index is 0.000000131. The van der Waals surface area contributed by atoms with E-state index in [4.69, 9.17) is 23.7 Å². The van der Waals surface area contributed by atoms with Gasteiger partial charge in [0.05, 0.1) is 50.5 Å². The minimum Gasteiger partial charge on any atom is -0.465 e. The number of nitrogens with zero attached hydrogens (tertiary/aromatic N) is 1. The van der Waals surface area contributed by atoms with Crippen LogP contribution in [0, 0.1) is 0 Å². The van der Waals surface area contributed by atoms with Crippen LogP contribution in [0.3, 0.4) is 0 Å². The topological polar surface area (TPSA) is 132 Å². The molecule has 2 N–H and O–H groups in total. The number of ketones is 2. The molecule has 4 heterocycles. The number of nitrogens with one attached hydrogen (secondary N) is 2. The molecular weight excluding hydrogens is 795 g/mol. The van der Waals surface area contributed by atoms with E-state index < -0.39 is 11.6 Å². The molecule has 2 fully saturated rings. The van der Waals surface area contributed by atoms with Gasteiger partial charge in [0.1, 0.15) is 0 Å². The van der Waals surface area contributed by atoms with Gasteiger partial charge in [-0.3, -0.25) is 9.59 Å². The molecule has 2 spiro atoms. The van der Waals surface area contributed by atoms with E-state index in [9.17, 15) is 14.4 Å². The van der Waals surface area contributed by atoms with Crippen molar-refractivity contribution in [1.82, 2.24) is 14.9 Å². The number of methoxy groups -OCH3 is 1. The molecule has 0 bridgehead atoms. The number of carbonyl (C=O) groups excluding carboxylic acids is 3. The van der Waals surface area contributed by atoms with Crippen LogP contribution in [0.5, 0.6) is 0 Å². The molecule has 0 saturated carbocycles. The number of ether oxygens (including phenoxy) is 5. The van der Waals surface area contributed by atoms with Crippen LogP contribution in [-0.2, 0) is 62.2 Å². The molecule has 63 heavy (non-hydrogen) atoms. The maximum absolute atomic E-state index is 12.9. The van der Waals surface area contributed by atoms with Gasteiger partial charge in [-0.25, -0.2) is 4.79 Å². The Morgan fingerprint density at radius 1 is 0.619 bits per heavy atom. The van der Waals surface area contributed by atoms with E-state index in [0.29, 0.717) is 62.3 Å². The highest BCUT2D eigenvalue weighted by Gasteiger charge is 2.42. The third kappa shape index (κ3) is 9.83. The molecule has 0 radical (unpaired) electrons. The summed E-state index contributed by atoms with van der Waals surface area (Å²) in [6.45, 7) is 9.36. The zero-order valence-corrected chi connectivity index (χ0v) is 37.0. The lowest BCUT2D eigenvalue weighted by Crippen LogP contribution is -2.40. The lowest BCUT2D eigenvalue weighted by atomic mass is 9.83. The van der Waals surface area contributed by atoms with Crippen molar-refractivity contribution in [2.45, 2.75) is 102 Å². The summed E-state index contributed by atoms with van der Waals surface area (Å²) in [5.41, 5.74) is 10.7. The number of aromatic nitrogens is 2. The molecule has 2 aromatic heterocycles. The Kier molecular flexibility index (Phi) is 14.2. The molecule has 5 aliphatic rings. The molecule has 2 aliphatic heterocycles. The van der Waals surface area contributed by atoms with E-state index in [1.165, 1.54) is 48.6 Å². The van der Waals surface area contributed by atoms with Crippen molar-refractivity contribution >= 4 is 17.5 Å². The van der Waals surface area contributed by atoms with Gasteiger partial charge < -0.3 is 38.6 Å². The average molecular weight is 856 g/mol. The molecule has 0 amide bonds. The monoisotopic (exact) mass is 855 g/mol. The molecule has 1 unspecified atom stereocenters. The third-order valence-electron chi connectivity index (χ3n) is 13.2. The maximum atomic E-state index is 12.9. The van der Waals surface area contributed by atoms with Gasteiger partial charge >= 0.3 is 5.97 Å². The first-order valence-electron chi connectivity index (χ1n) is 22.8. The summed E-state index contributed by atoms with van der Waals surface area (Å²) in [7, 11) is 1.41. The van der Waals surface area contributed by atoms with Gasteiger partial charge in [-0.1, -0.05) is 62.4 Å². The number of hydrogen-bond donors (Lipinski definition) is 2. The number of esters is 1. The van der Waals surface area contributed by atoms with Crippen molar-refractivity contribution < 1.29 is 38.1 Å². The molecular formula is C52H61N3O8. The van der Waals surface area contributed by atoms with E-state index >= 15 is 0 Å². The summed E-state index contributed by atoms with van der Waals surface area (Å²) in [6, 6.07) is 25.9. The van der Waals surface area contributed by atoms with Gasteiger partial charge in [-0.15, -0.1) is 0 Å². The minimum atomic E-state index is -0.517. The van der Waals surface area contributed by atoms with E-state index in [0.717, 1.165) is 73.9 Å². The highest BCUT2D eigenvalue weighted by atomic mass is 16.7. The lowest BCUT2D eigenvalue weighted by molar-refractivity contribution is -0.164. The Morgan fingerprint density at radius 3 is 1.54 bits per heavy atom. The summed E-state index contributed by atoms with van der Waals surface area (Å²) < 4.78 is 27.9. The molecule has 3 aliphatic carbocycles. The quantitative estimate of drug-likeness (QED) is 0.105. The molecule has 3 aromatic carbocycles. The minimum absolute atomic E-state index is 0.0342. The molecule has 1 atom stereocenters. The number of aryl methyl sites for hydroxylation is 3. The summed E-state index contributed by atoms with van der Waals surface area (Å²) in [4.78, 5) is 46.0. The van der Waals surface area contributed by atoms with Crippen LogP contribution in [0.1, 0.15) is 122 Å². The molecule has 11 heteroatoms. The van der Waals surface area contributed by atoms with E-state index in [-0.39, 0.29) is 17.5 Å². The molecule has 5 aromatic rings. The SMILES string of the molecule is CCCN(CCC)C1CCc2cccc(C(=O)c3ccc[nH]3)c2C1.COC(=O)c1cccc2c1CC1(CC2)OCCO1.O=C(c1ccc[nH]1)c1cccc2c1CC1(CC2)OCCO1. The van der Waals surface area contributed by atoms with Crippen LogP contribution in [0.15, 0.2) is 91.3 Å². The molecule has 2 saturated heterocycles. The first-order valence-corrected chi connectivity index (χ1v) is 22.8. The zero-order valence-electron chi connectivity index (χ0n) is 37.0. The Labute approximate surface area is 370 Å². The second kappa shape index (κ2) is 20.1. The van der Waals surface area contributed by atoms with Gasteiger partial charge in [0, 0.05) is 55.2 Å². The van der Waals surface area contributed by atoms with Crippen LogP contribution in [0.4, 0.5) is 0 Å². The number of hydrogen-bond acceptors (Lipinski definition) is 9. The van der Waals surface area contributed by atoms with Gasteiger partial charge in [-0.05, 0) is 122 Å². The van der Waals surface area contributed by atoms with Gasteiger partial charge in [0.15, 0.2) is 11.6 Å². The number of carbonyl (C=O) groups is 3. The van der Waals surface area contributed by atoms with Crippen molar-refractivity contribution in [3.05, 3.63) is 153 Å². The van der Waals surface area contributed by atoms with Crippen LogP contribution in [0.25, 0.3) is 0 Å². The van der Waals surface area contributed by atoms with Gasteiger partial charge in [-0.2, -0.15) is 0 Å². The molecule has 10 rings (SSSR count). The van der Waals surface area contributed by atoms with Crippen molar-refractivity contribution in [3.63, 3.8) is 0 Å². The number of benzene rings is 3. The van der Waals surface area contributed by atoms with Crippen molar-refractivity contribution in [2.24, 2.45) is 0 Å². The van der Waals surface area contributed by atoms with E-state index in [1.807, 2.05) is 60.8 Å². The van der Waals surface area contributed by atoms with Crippen LogP contribution in [0.2, 0.25) is 0 Å². The first-order chi connectivity index (χ1) is 30.8. The number of rotatable bonds is 10. The van der Waals surface area contributed by atoms with Crippen LogP contribution < -0.4 is 0 Å². The highest BCUT2D eigenvalue weighted by Crippen LogP contribution is 2.38. The molecule has 11 nitrogen and oxygen atoms in total. The average Bonchev–Trinajstić information content (AvgIpc) is 4.19. The fourth-order valence-corrected chi connectivity index (χ4v) is 10.1. The predicted octanol–water partition coefficient (Wildman–Crippen LogP) is 8.41. The number of fused-ring (bicyclic) bond motifs is 3. The van der Waals surface area contributed by atoms with Crippen molar-refractivity contribution in [1.29, 1.82) is 0 Å². The van der Waals surface area contributed by atoms with E-state index in [1.54, 1.807) is 12.3 Å². The smallest absolute Gasteiger partial charge is 0.338 e. The summed E-state index contributed by atoms with van der Waals surface area (Å²) in [6.07, 6.45) is 14.0. The zero-order chi connectivity index (χ0) is 43.8. The Hall–Kier alpha value is -5.17. The van der Waals surface area contributed by atoms with E-state index in [2.05, 4.69) is 46.9 Å². The van der Waals surface area contributed by atoms with Crippen LogP contribution >= 0.6 is 0 Å². The standard InChI is InChI=1S/C21H28N2O.C17H17NO3.C14H16O4/c1-3-13-23(14-4-2)17-11-10-16-7-5-8-18(19(16)15-17)21(24)20-9-6-12-22-20;19-16(15-5-2-8-18-15)13-4-1-3-12-6-7-17(11-14(12)13)20-9-10-21-17;1-16-13(15)11-4-2-3-10-5-6-14(9-12(10)11)17-7-8-18-14/h5-9,12,17,22H,3-4,10-11,13-15H2,1-2H3;1-5,8,18H,6-7,9-11H2;2-4H,5-9H2,1H3. The normalized spacial score (nSPS) is 19.0. The summed E-state index contributed by atoms with van der Waals surface area (Å²) >= 11 is 0. The van der Waals surface area contributed by atoms with Gasteiger partial charge in [0.2, 0.25) is 11.6 Å². The summed E-state index contributed by atoms with van der Waals surface area (Å²) in [5, 5.41) is 0. The lowest BCUT2D eigenvalue weighted by Gasteiger charge is -2.35. The van der Waals surface area contributed by atoms with Crippen molar-refractivity contribution in [2.75, 3.05) is 46.6 Å². The number of aromatic amines is 2. The number of H-pyrrole nitrogens is 2. The highest BCUT2D eigenvalue weighted by molar-refractivity contribution is 6.09. The van der Waals surface area contributed by atoms with Gasteiger partial charge in [0.25, 0.3) is 0 Å². The first kappa shape index (κ1) is 44.4. The van der Waals surface area contributed by atoms with Crippen molar-refractivity contribution in [3.8, 4) is 0 Å². The summed E-state index contributed by atoms with van der Waals surface area (Å²) in [5.74, 6) is -1.17. The Bertz CT molecular complexity index is 2330. The fraction of sp³-hybridized carbons (Fsp3) is 0.442. The predicted molar refractivity (Wildman–Crippen MR) is 240 cm³/mol. The second-order valence-electron chi connectivity index (χ2n) is 17.1. The largest absolute Gasteiger partial charge is 0.465 e. The Morgan fingerprint density at radius 2 is 1.08 bits per heavy atom. The fourth-order valence-electron chi connectivity index (χ4n) is 10.1. The maximum Gasteiger partial charge on any atom is 0.338 e.